The van der Waals surface area contributed by atoms with E-state index in [0.717, 1.165) is 5.56 Å². The summed E-state index contributed by atoms with van der Waals surface area (Å²) in [7, 11) is 1.54. The summed E-state index contributed by atoms with van der Waals surface area (Å²) < 4.78 is 29.9. The van der Waals surface area contributed by atoms with Crippen molar-refractivity contribution in [3.8, 4) is 0 Å². The normalized spacial score (nSPS) is 21.7. The number of alkyl halides is 2. The van der Waals surface area contributed by atoms with Crippen LogP contribution in [-0.4, -0.2) is 55.4 Å². The second kappa shape index (κ2) is 7.50. The number of benzene rings is 1. The molecule has 32 heavy (non-hydrogen) atoms. The molecule has 0 unspecified atom stereocenters. The molecule has 1 N–H and O–H groups in total. The lowest BCUT2D eigenvalue weighted by Gasteiger charge is -2.19. The van der Waals surface area contributed by atoms with Gasteiger partial charge in [-0.15, -0.1) is 5.10 Å². The van der Waals surface area contributed by atoms with Crippen molar-refractivity contribution in [1.82, 2.24) is 29.9 Å². The van der Waals surface area contributed by atoms with Gasteiger partial charge < -0.3 is 5.32 Å². The van der Waals surface area contributed by atoms with E-state index in [2.05, 4.69) is 20.5 Å². The van der Waals surface area contributed by atoms with Crippen LogP contribution in [0, 0.1) is 0 Å². The highest BCUT2D eigenvalue weighted by atomic mass is 19.3. The van der Waals surface area contributed by atoms with Gasteiger partial charge >= 0.3 is 0 Å². The molecular formula is C21H21F2N7O2. The first-order valence-electron chi connectivity index (χ1n) is 10.3. The van der Waals surface area contributed by atoms with Crippen molar-refractivity contribution in [2.45, 2.75) is 43.8 Å². The van der Waals surface area contributed by atoms with E-state index in [0.29, 0.717) is 24.6 Å². The molecule has 0 radical (unpaired) electrons. The monoisotopic (exact) mass is 441 g/mol. The second-order valence-corrected chi connectivity index (χ2v) is 8.13. The molecule has 3 aromatic rings. The Balaban J connectivity index is 1.25. The quantitative estimate of drug-likeness (QED) is 0.651. The minimum absolute atomic E-state index is 0.0309. The maximum Gasteiger partial charge on any atom is 0.291 e. The molecule has 2 amide bonds. The van der Waals surface area contributed by atoms with Crippen LogP contribution in [0.1, 0.15) is 40.6 Å². The summed E-state index contributed by atoms with van der Waals surface area (Å²) >= 11 is 0. The van der Waals surface area contributed by atoms with E-state index in [1.54, 1.807) is 16.4 Å². The number of anilines is 1. The summed E-state index contributed by atoms with van der Waals surface area (Å²) in [5.41, 5.74) is 1.31. The topological polar surface area (TPSA) is 97.9 Å². The van der Waals surface area contributed by atoms with Crippen LogP contribution in [0.15, 0.2) is 42.7 Å². The number of fused-ring (bicyclic) bond motifs is 1. The van der Waals surface area contributed by atoms with Gasteiger partial charge in [0, 0.05) is 26.1 Å². The number of aryl methyl sites for hydroxylation is 1. The van der Waals surface area contributed by atoms with Gasteiger partial charge in [0.1, 0.15) is 18.2 Å². The van der Waals surface area contributed by atoms with Crippen LogP contribution < -0.4 is 10.2 Å². The average Bonchev–Trinajstić information content (AvgIpc) is 3.12. The molecule has 2 aliphatic rings. The highest BCUT2D eigenvalue weighted by Gasteiger charge is 2.59. The molecule has 0 saturated heterocycles. The fraction of sp³-hybridized carbons (Fsp3) is 0.381. The molecule has 0 bridgehead atoms. The SMILES string of the molecule is CN1C(=O)[C@H](NC(=O)c2ncn(Cc3ccccc3)n2)CCn2nc([C@H]3CC3(F)F)cc21. The molecule has 1 fully saturated rings. The van der Waals surface area contributed by atoms with E-state index in [1.807, 2.05) is 30.3 Å². The summed E-state index contributed by atoms with van der Waals surface area (Å²) in [4.78, 5) is 31.0. The Kier molecular flexibility index (Phi) is 4.75. The van der Waals surface area contributed by atoms with E-state index < -0.39 is 23.8 Å². The Labute approximate surface area is 182 Å². The molecule has 166 valence electrons. The Bertz CT molecular complexity index is 1170. The van der Waals surface area contributed by atoms with Crippen molar-refractivity contribution >= 4 is 17.6 Å². The van der Waals surface area contributed by atoms with Crippen molar-refractivity contribution < 1.29 is 18.4 Å². The van der Waals surface area contributed by atoms with Crippen molar-refractivity contribution in [2.24, 2.45) is 0 Å². The highest BCUT2D eigenvalue weighted by Crippen LogP contribution is 2.55. The van der Waals surface area contributed by atoms with Crippen molar-refractivity contribution in [2.75, 3.05) is 11.9 Å². The standard InChI is InChI=1S/C21H21F2N7O2/c1-28-17-9-16(14-10-21(14,22)23)26-30(17)8-7-15(20(28)32)25-19(31)18-24-12-29(27-18)11-13-5-3-2-4-6-13/h2-6,9,12,14-15H,7-8,10-11H2,1H3,(H,25,31)/t14-,15-/m1/s1. The Morgan fingerprint density at radius 2 is 2.00 bits per heavy atom. The zero-order valence-corrected chi connectivity index (χ0v) is 17.3. The zero-order valence-electron chi connectivity index (χ0n) is 17.3. The van der Waals surface area contributed by atoms with Crippen LogP contribution in [0.2, 0.25) is 0 Å². The third-order valence-corrected chi connectivity index (χ3v) is 5.79. The molecule has 0 spiro atoms. The van der Waals surface area contributed by atoms with Gasteiger partial charge in [-0.1, -0.05) is 30.3 Å². The number of likely N-dealkylation sites (N-methyl/N-ethyl adjacent to an activating group) is 1. The van der Waals surface area contributed by atoms with Crippen LogP contribution in [0.4, 0.5) is 14.6 Å². The number of halogens is 2. The summed E-state index contributed by atoms with van der Waals surface area (Å²) in [5.74, 6) is -4.11. The fourth-order valence-electron chi connectivity index (χ4n) is 3.89. The molecule has 2 atom stereocenters. The Hall–Kier alpha value is -3.63. The first kappa shape index (κ1) is 20.3. The van der Waals surface area contributed by atoms with Crippen LogP contribution in [-0.2, 0) is 17.9 Å². The van der Waals surface area contributed by atoms with E-state index in [1.165, 1.54) is 17.3 Å². The summed E-state index contributed by atoms with van der Waals surface area (Å²) in [5, 5.41) is 11.2. The number of carbonyl (C=O) groups excluding carboxylic acids is 2. The number of rotatable bonds is 5. The predicted octanol–water partition coefficient (Wildman–Crippen LogP) is 1.81. The van der Waals surface area contributed by atoms with Gasteiger partial charge in [0.15, 0.2) is 0 Å². The van der Waals surface area contributed by atoms with Crippen molar-refractivity contribution in [3.05, 3.63) is 59.8 Å². The number of carbonyl (C=O) groups is 2. The lowest BCUT2D eigenvalue weighted by molar-refractivity contribution is -0.120. The van der Waals surface area contributed by atoms with E-state index in [4.69, 9.17) is 0 Å². The van der Waals surface area contributed by atoms with Crippen molar-refractivity contribution in [3.63, 3.8) is 0 Å². The number of amides is 2. The molecule has 9 nitrogen and oxygen atoms in total. The minimum atomic E-state index is -2.73. The summed E-state index contributed by atoms with van der Waals surface area (Å²) in [6, 6.07) is 10.4. The largest absolute Gasteiger partial charge is 0.337 e. The van der Waals surface area contributed by atoms with Crippen LogP contribution in [0.3, 0.4) is 0 Å². The van der Waals surface area contributed by atoms with Crippen LogP contribution in [0.5, 0.6) is 0 Å². The molecule has 5 rings (SSSR count). The molecule has 1 saturated carbocycles. The van der Waals surface area contributed by atoms with Gasteiger partial charge in [0.05, 0.1) is 18.2 Å². The van der Waals surface area contributed by atoms with Gasteiger partial charge in [0.2, 0.25) is 5.82 Å². The van der Waals surface area contributed by atoms with Gasteiger partial charge in [0.25, 0.3) is 17.7 Å². The molecular weight excluding hydrogens is 420 g/mol. The number of hydrogen-bond donors (Lipinski definition) is 1. The summed E-state index contributed by atoms with van der Waals surface area (Å²) in [6.45, 7) is 0.778. The molecule has 1 aliphatic carbocycles. The minimum Gasteiger partial charge on any atom is -0.337 e. The molecule has 11 heteroatoms. The average molecular weight is 441 g/mol. The smallest absolute Gasteiger partial charge is 0.291 e. The number of aromatic nitrogens is 5. The van der Waals surface area contributed by atoms with E-state index in [9.17, 15) is 18.4 Å². The Morgan fingerprint density at radius 3 is 2.72 bits per heavy atom. The lowest BCUT2D eigenvalue weighted by Crippen LogP contribution is -2.47. The van der Waals surface area contributed by atoms with Crippen LogP contribution >= 0.6 is 0 Å². The van der Waals surface area contributed by atoms with Crippen LogP contribution in [0.25, 0.3) is 0 Å². The molecule has 1 aromatic carbocycles. The number of hydrogen-bond acceptors (Lipinski definition) is 5. The van der Waals surface area contributed by atoms with Gasteiger partial charge in [-0.3, -0.25) is 14.5 Å². The first-order chi connectivity index (χ1) is 15.3. The van der Waals surface area contributed by atoms with Gasteiger partial charge in [-0.25, -0.2) is 23.1 Å². The highest BCUT2D eigenvalue weighted by molar-refractivity contribution is 6.00. The van der Waals surface area contributed by atoms with Crippen molar-refractivity contribution in [1.29, 1.82) is 0 Å². The number of nitrogens with one attached hydrogen (secondary N) is 1. The van der Waals surface area contributed by atoms with E-state index in [-0.39, 0.29) is 24.6 Å². The third-order valence-electron chi connectivity index (χ3n) is 5.79. The number of nitrogens with zero attached hydrogens (tertiary/aromatic N) is 6. The maximum absolute atomic E-state index is 13.4. The first-order valence-corrected chi connectivity index (χ1v) is 10.3. The third kappa shape index (κ3) is 3.74. The van der Waals surface area contributed by atoms with Gasteiger partial charge in [-0.2, -0.15) is 5.10 Å². The molecule has 2 aromatic heterocycles. The molecule has 1 aliphatic heterocycles. The van der Waals surface area contributed by atoms with Gasteiger partial charge in [-0.05, 0) is 12.0 Å². The molecule has 3 heterocycles. The Morgan fingerprint density at radius 1 is 1.25 bits per heavy atom. The second-order valence-electron chi connectivity index (χ2n) is 8.13. The summed E-state index contributed by atoms with van der Waals surface area (Å²) in [6.07, 6.45) is 1.52. The fourth-order valence-corrected chi connectivity index (χ4v) is 3.89. The van der Waals surface area contributed by atoms with E-state index >= 15 is 0 Å². The predicted molar refractivity (Wildman–Crippen MR) is 109 cm³/mol. The maximum atomic E-state index is 13.4. The lowest BCUT2D eigenvalue weighted by atomic mass is 10.2. The zero-order chi connectivity index (χ0) is 22.5.